The molecule has 1 aromatic carbocycles. The van der Waals surface area contributed by atoms with Crippen molar-refractivity contribution in [2.45, 2.75) is 31.5 Å². The fourth-order valence-electron chi connectivity index (χ4n) is 4.32. The molecule has 3 fully saturated rings. The summed E-state index contributed by atoms with van der Waals surface area (Å²) >= 11 is 0. The molecule has 3 aliphatic heterocycles. The van der Waals surface area contributed by atoms with Crippen LogP contribution < -0.4 is 4.74 Å². The molecule has 2 amide bonds. The Balaban J connectivity index is 1.27. The van der Waals surface area contributed by atoms with E-state index < -0.39 is 5.79 Å². The molecule has 7 heteroatoms. The van der Waals surface area contributed by atoms with Gasteiger partial charge in [0.05, 0.1) is 26.2 Å². The van der Waals surface area contributed by atoms with Crippen molar-refractivity contribution in [3.8, 4) is 5.75 Å². The fraction of sp³-hybridized carbons (Fsp3) is 0.619. The predicted molar refractivity (Wildman–Crippen MR) is 102 cm³/mol. The van der Waals surface area contributed by atoms with Gasteiger partial charge in [-0.25, -0.2) is 0 Å². The molecule has 0 radical (unpaired) electrons. The van der Waals surface area contributed by atoms with Gasteiger partial charge in [-0.2, -0.15) is 0 Å². The first kappa shape index (κ1) is 19.2. The molecule has 7 nitrogen and oxygen atoms in total. The summed E-state index contributed by atoms with van der Waals surface area (Å²) in [5.41, 5.74) is 1.15. The molecule has 3 aliphatic rings. The van der Waals surface area contributed by atoms with E-state index in [1.54, 1.807) is 7.11 Å². The SMILES string of the molecule is COc1ccc(CCN2CC(C(=O)N3CCC4(CC3)OCCO4)CC2=O)cc1. The minimum absolute atomic E-state index is 0.0720. The molecule has 3 heterocycles. The van der Waals surface area contributed by atoms with Gasteiger partial charge in [0.2, 0.25) is 11.8 Å². The highest BCUT2D eigenvalue weighted by Crippen LogP contribution is 2.32. The van der Waals surface area contributed by atoms with Crippen molar-refractivity contribution < 1.29 is 23.8 Å². The van der Waals surface area contributed by atoms with E-state index in [2.05, 4.69) is 0 Å². The zero-order valence-corrected chi connectivity index (χ0v) is 16.4. The van der Waals surface area contributed by atoms with Crippen molar-refractivity contribution in [3.63, 3.8) is 0 Å². The molecule has 1 spiro atoms. The molecule has 0 saturated carbocycles. The summed E-state index contributed by atoms with van der Waals surface area (Å²) in [7, 11) is 1.64. The minimum Gasteiger partial charge on any atom is -0.497 e. The first-order chi connectivity index (χ1) is 13.6. The Labute approximate surface area is 165 Å². The van der Waals surface area contributed by atoms with E-state index in [9.17, 15) is 9.59 Å². The van der Waals surface area contributed by atoms with E-state index in [4.69, 9.17) is 14.2 Å². The van der Waals surface area contributed by atoms with E-state index in [1.807, 2.05) is 34.1 Å². The predicted octanol–water partition coefficient (Wildman–Crippen LogP) is 1.45. The van der Waals surface area contributed by atoms with Gasteiger partial charge in [0.1, 0.15) is 5.75 Å². The normalized spacial score (nSPS) is 24.2. The van der Waals surface area contributed by atoms with Gasteiger partial charge in [0, 0.05) is 45.4 Å². The summed E-state index contributed by atoms with van der Waals surface area (Å²) in [5, 5.41) is 0. The number of hydrogen-bond donors (Lipinski definition) is 0. The Morgan fingerprint density at radius 3 is 2.50 bits per heavy atom. The average molecular weight is 388 g/mol. The Morgan fingerprint density at radius 2 is 1.86 bits per heavy atom. The molecule has 0 aliphatic carbocycles. The van der Waals surface area contributed by atoms with Crippen LogP contribution in [-0.4, -0.2) is 73.9 Å². The number of carbonyl (C=O) groups excluding carboxylic acids is 2. The van der Waals surface area contributed by atoms with Crippen LogP contribution in [0, 0.1) is 5.92 Å². The van der Waals surface area contributed by atoms with Gasteiger partial charge in [-0.15, -0.1) is 0 Å². The summed E-state index contributed by atoms with van der Waals surface area (Å²) < 4.78 is 16.6. The first-order valence-electron chi connectivity index (χ1n) is 10.1. The van der Waals surface area contributed by atoms with Gasteiger partial charge < -0.3 is 24.0 Å². The molecule has 0 bridgehead atoms. The first-order valence-corrected chi connectivity index (χ1v) is 10.1. The minimum atomic E-state index is -0.479. The highest BCUT2D eigenvalue weighted by atomic mass is 16.7. The summed E-state index contributed by atoms with van der Waals surface area (Å²) in [6, 6.07) is 7.88. The second-order valence-electron chi connectivity index (χ2n) is 7.77. The van der Waals surface area contributed by atoms with E-state index >= 15 is 0 Å². The van der Waals surface area contributed by atoms with Crippen LogP contribution in [0.25, 0.3) is 0 Å². The van der Waals surface area contributed by atoms with Crippen molar-refractivity contribution in [2.75, 3.05) is 46.5 Å². The zero-order valence-electron chi connectivity index (χ0n) is 16.4. The van der Waals surface area contributed by atoms with Crippen molar-refractivity contribution in [3.05, 3.63) is 29.8 Å². The number of nitrogens with zero attached hydrogens (tertiary/aromatic N) is 2. The number of carbonyl (C=O) groups is 2. The molecular weight excluding hydrogens is 360 g/mol. The second kappa shape index (κ2) is 8.09. The van der Waals surface area contributed by atoms with Gasteiger partial charge in [0.15, 0.2) is 5.79 Å². The molecule has 3 saturated heterocycles. The van der Waals surface area contributed by atoms with Crippen LogP contribution in [0.1, 0.15) is 24.8 Å². The third kappa shape index (κ3) is 4.00. The Bertz CT molecular complexity index is 704. The number of methoxy groups -OCH3 is 1. The van der Waals surface area contributed by atoms with Crippen molar-refractivity contribution in [1.29, 1.82) is 0 Å². The van der Waals surface area contributed by atoms with Crippen LogP contribution >= 0.6 is 0 Å². The van der Waals surface area contributed by atoms with Gasteiger partial charge >= 0.3 is 0 Å². The second-order valence-corrected chi connectivity index (χ2v) is 7.77. The Hall–Kier alpha value is -2.12. The van der Waals surface area contributed by atoms with E-state index in [1.165, 1.54) is 0 Å². The van der Waals surface area contributed by atoms with Crippen LogP contribution in [0.3, 0.4) is 0 Å². The summed E-state index contributed by atoms with van der Waals surface area (Å²) in [4.78, 5) is 29.0. The maximum atomic E-state index is 12.9. The number of hydrogen-bond acceptors (Lipinski definition) is 5. The number of amides is 2. The molecule has 28 heavy (non-hydrogen) atoms. The van der Waals surface area contributed by atoms with Crippen LogP contribution in [0.4, 0.5) is 0 Å². The maximum absolute atomic E-state index is 12.9. The molecular formula is C21H28N2O5. The van der Waals surface area contributed by atoms with E-state index in [0.717, 1.165) is 17.7 Å². The number of benzene rings is 1. The Morgan fingerprint density at radius 1 is 1.18 bits per heavy atom. The van der Waals surface area contributed by atoms with E-state index in [-0.39, 0.29) is 17.7 Å². The molecule has 1 aromatic rings. The lowest BCUT2D eigenvalue weighted by molar-refractivity contribution is -0.188. The standard InChI is InChI=1S/C21H28N2O5/c1-26-18-4-2-16(3-5-18)6-9-23-15-17(14-19(23)24)20(25)22-10-7-21(8-11-22)27-12-13-28-21/h2-5,17H,6-15H2,1H3. The zero-order chi connectivity index (χ0) is 19.6. The smallest absolute Gasteiger partial charge is 0.228 e. The molecule has 0 N–H and O–H groups in total. The number of likely N-dealkylation sites (tertiary alicyclic amines) is 2. The highest BCUT2D eigenvalue weighted by molar-refractivity contribution is 5.89. The number of piperidine rings is 1. The lowest BCUT2D eigenvalue weighted by atomic mass is 10.0. The van der Waals surface area contributed by atoms with Crippen LogP contribution in [0.2, 0.25) is 0 Å². The Kier molecular flexibility index (Phi) is 5.55. The van der Waals surface area contributed by atoms with Crippen molar-refractivity contribution in [1.82, 2.24) is 9.80 Å². The van der Waals surface area contributed by atoms with Gasteiger partial charge in [-0.05, 0) is 24.1 Å². The number of rotatable bonds is 5. The van der Waals surface area contributed by atoms with Crippen LogP contribution in [-0.2, 0) is 25.5 Å². The van der Waals surface area contributed by atoms with Gasteiger partial charge in [-0.1, -0.05) is 12.1 Å². The van der Waals surface area contributed by atoms with Gasteiger partial charge in [0.25, 0.3) is 0 Å². The molecule has 4 rings (SSSR count). The van der Waals surface area contributed by atoms with Gasteiger partial charge in [-0.3, -0.25) is 9.59 Å². The molecule has 152 valence electrons. The molecule has 0 aromatic heterocycles. The summed E-state index contributed by atoms with van der Waals surface area (Å²) in [6.07, 6.45) is 2.51. The lowest BCUT2D eigenvalue weighted by Crippen LogP contribution is -2.49. The van der Waals surface area contributed by atoms with Crippen LogP contribution in [0.15, 0.2) is 24.3 Å². The molecule has 1 unspecified atom stereocenters. The topological polar surface area (TPSA) is 68.3 Å². The fourth-order valence-corrected chi connectivity index (χ4v) is 4.32. The van der Waals surface area contributed by atoms with E-state index in [0.29, 0.717) is 58.7 Å². The van der Waals surface area contributed by atoms with Crippen molar-refractivity contribution >= 4 is 11.8 Å². The summed E-state index contributed by atoms with van der Waals surface area (Å²) in [5.74, 6) is 0.273. The third-order valence-electron chi connectivity index (χ3n) is 6.04. The van der Waals surface area contributed by atoms with Crippen LogP contribution in [0.5, 0.6) is 5.75 Å². The van der Waals surface area contributed by atoms with Crippen molar-refractivity contribution in [2.24, 2.45) is 5.92 Å². The maximum Gasteiger partial charge on any atom is 0.228 e. The average Bonchev–Trinajstić information content (AvgIpc) is 3.33. The number of ether oxygens (including phenoxy) is 3. The monoisotopic (exact) mass is 388 g/mol. The lowest BCUT2D eigenvalue weighted by Gasteiger charge is -2.38. The third-order valence-corrected chi connectivity index (χ3v) is 6.04. The largest absolute Gasteiger partial charge is 0.497 e. The highest BCUT2D eigenvalue weighted by Gasteiger charge is 2.43. The summed E-state index contributed by atoms with van der Waals surface area (Å²) in [6.45, 7) is 3.69. The quantitative estimate of drug-likeness (QED) is 0.764. The molecule has 1 atom stereocenters.